The van der Waals surface area contributed by atoms with E-state index in [2.05, 4.69) is 25.6 Å². The Labute approximate surface area is 190 Å². The Morgan fingerprint density at radius 1 is 0.938 bits per heavy atom. The molecular formula is C24H23N5O2S. The van der Waals surface area contributed by atoms with E-state index in [0.717, 1.165) is 28.3 Å². The summed E-state index contributed by atoms with van der Waals surface area (Å²) in [6.45, 7) is 4.73. The van der Waals surface area contributed by atoms with Crippen LogP contribution < -0.4 is 15.4 Å². The van der Waals surface area contributed by atoms with Crippen molar-refractivity contribution in [2.75, 3.05) is 5.32 Å². The van der Waals surface area contributed by atoms with Crippen molar-refractivity contribution >= 4 is 28.3 Å². The molecule has 4 rings (SSSR count). The summed E-state index contributed by atoms with van der Waals surface area (Å²) in [6, 6.07) is 19.6. The minimum atomic E-state index is -0.236. The number of ether oxygens (including phenoxy) is 1. The van der Waals surface area contributed by atoms with Gasteiger partial charge in [0.15, 0.2) is 5.13 Å². The third-order valence-electron chi connectivity index (χ3n) is 4.56. The molecule has 4 aromatic rings. The molecule has 2 N–H and O–H groups in total. The molecule has 0 aliphatic rings. The highest BCUT2D eigenvalue weighted by molar-refractivity contribution is 7.14. The highest BCUT2D eigenvalue weighted by Gasteiger charge is 2.12. The molecular weight excluding hydrogens is 422 g/mol. The lowest BCUT2D eigenvalue weighted by Gasteiger charge is -2.08. The minimum absolute atomic E-state index is 0.236. The SMILES string of the molecule is Cc1cc(C)nc(Nc2nc(C(=O)NCc3ccc(OCc4ccccc4)cc3)cs2)n1. The summed E-state index contributed by atoms with van der Waals surface area (Å²) in [5, 5.41) is 8.23. The number of carbonyl (C=O) groups is 1. The summed E-state index contributed by atoms with van der Waals surface area (Å²) in [5.74, 6) is 1.02. The van der Waals surface area contributed by atoms with Crippen LogP contribution in [-0.2, 0) is 13.2 Å². The Morgan fingerprint density at radius 3 is 2.38 bits per heavy atom. The largest absolute Gasteiger partial charge is 0.489 e. The van der Waals surface area contributed by atoms with Gasteiger partial charge in [0.05, 0.1) is 0 Å². The molecule has 2 aromatic carbocycles. The second-order valence-electron chi connectivity index (χ2n) is 7.24. The molecule has 7 nitrogen and oxygen atoms in total. The molecule has 0 fully saturated rings. The lowest BCUT2D eigenvalue weighted by atomic mass is 10.2. The Bertz CT molecular complexity index is 1170. The lowest BCUT2D eigenvalue weighted by molar-refractivity contribution is 0.0946. The first kappa shape index (κ1) is 21.5. The second kappa shape index (κ2) is 10.0. The molecule has 162 valence electrons. The standard InChI is InChI=1S/C24H23N5O2S/c1-16-12-17(2)27-23(26-16)29-24-28-21(15-32-24)22(30)25-13-18-8-10-20(11-9-18)31-14-19-6-4-3-5-7-19/h3-12,15H,13-14H2,1-2H3,(H,25,30)(H,26,27,28,29). The molecule has 2 aromatic heterocycles. The first-order valence-electron chi connectivity index (χ1n) is 10.1. The van der Waals surface area contributed by atoms with Crippen molar-refractivity contribution in [2.45, 2.75) is 27.0 Å². The van der Waals surface area contributed by atoms with E-state index in [1.165, 1.54) is 11.3 Å². The van der Waals surface area contributed by atoms with Gasteiger partial charge in [-0.1, -0.05) is 42.5 Å². The van der Waals surface area contributed by atoms with Crippen molar-refractivity contribution in [3.63, 3.8) is 0 Å². The molecule has 0 radical (unpaired) electrons. The summed E-state index contributed by atoms with van der Waals surface area (Å²) < 4.78 is 5.80. The number of nitrogens with one attached hydrogen (secondary N) is 2. The molecule has 0 unspecified atom stereocenters. The summed E-state index contributed by atoms with van der Waals surface area (Å²) in [7, 11) is 0. The van der Waals surface area contributed by atoms with Crippen LogP contribution in [0.3, 0.4) is 0 Å². The van der Waals surface area contributed by atoms with Gasteiger partial charge in [-0.15, -0.1) is 11.3 Å². The van der Waals surface area contributed by atoms with Crippen molar-refractivity contribution in [2.24, 2.45) is 0 Å². The summed E-state index contributed by atoms with van der Waals surface area (Å²) in [6.07, 6.45) is 0. The molecule has 8 heteroatoms. The van der Waals surface area contributed by atoms with E-state index in [0.29, 0.717) is 29.9 Å². The smallest absolute Gasteiger partial charge is 0.271 e. The van der Waals surface area contributed by atoms with E-state index < -0.39 is 0 Å². The van der Waals surface area contributed by atoms with Crippen LogP contribution in [0.4, 0.5) is 11.1 Å². The van der Waals surface area contributed by atoms with E-state index in [1.807, 2.05) is 74.5 Å². The Hall–Kier alpha value is -3.78. The number of rotatable bonds is 8. The van der Waals surface area contributed by atoms with Gasteiger partial charge in [0.1, 0.15) is 18.1 Å². The molecule has 0 spiro atoms. The molecule has 0 atom stereocenters. The first-order chi connectivity index (χ1) is 15.5. The fraction of sp³-hybridized carbons (Fsp3) is 0.167. The molecule has 1 amide bonds. The quantitative estimate of drug-likeness (QED) is 0.405. The third-order valence-corrected chi connectivity index (χ3v) is 5.32. The number of hydrogen-bond acceptors (Lipinski definition) is 7. The first-order valence-corrected chi connectivity index (χ1v) is 11.0. The van der Waals surface area contributed by atoms with Crippen LogP contribution in [0.15, 0.2) is 66.0 Å². The average Bonchev–Trinajstić information content (AvgIpc) is 3.25. The van der Waals surface area contributed by atoms with Gasteiger partial charge in [-0.05, 0) is 43.2 Å². The molecule has 32 heavy (non-hydrogen) atoms. The maximum absolute atomic E-state index is 12.5. The van der Waals surface area contributed by atoms with Crippen LogP contribution in [0.2, 0.25) is 0 Å². The van der Waals surface area contributed by atoms with Crippen LogP contribution in [0.5, 0.6) is 5.75 Å². The van der Waals surface area contributed by atoms with Gasteiger partial charge in [0.25, 0.3) is 5.91 Å². The normalized spacial score (nSPS) is 10.6. The molecule has 0 aliphatic heterocycles. The number of aromatic nitrogens is 3. The molecule has 0 saturated heterocycles. The summed E-state index contributed by atoms with van der Waals surface area (Å²) in [5.41, 5.74) is 4.18. The zero-order valence-corrected chi connectivity index (χ0v) is 18.6. The number of anilines is 2. The summed E-state index contributed by atoms with van der Waals surface area (Å²) in [4.78, 5) is 25.5. The highest BCUT2D eigenvalue weighted by Crippen LogP contribution is 2.19. The van der Waals surface area contributed by atoms with Crippen molar-refractivity contribution in [3.8, 4) is 5.75 Å². The maximum Gasteiger partial charge on any atom is 0.271 e. The number of nitrogens with zero attached hydrogens (tertiary/aromatic N) is 3. The van der Waals surface area contributed by atoms with Crippen LogP contribution >= 0.6 is 11.3 Å². The van der Waals surface area contributed by atoms with Crippen molar-refractivity contribution < 1.29 is 9.53 Å². The Kier molecular flexibility index (Phi) is 6.72. The number of amides is 1. The van der Waals surface area contributed by atoms with Crippen molar-refractivity contribution in [1.82, 2.24) is 20.3 Å². The number of aryl methyl sites for hydroxylation is 2. The molecule has 0 bridgehead atoms. The number of thiazole rings is 1. The van der Waals surface area contributed by atoms with Crippen LogP contribution in [0, 0.1) is 13.8 Å². The Morgan fingerprint density at radius 2 is 1.66 bits per heavy atom. The number of benzene rings is 2. The van der Waals surface area contributed by atoms with Gasteiger partial charge in [-0.3, -0.25) is 4.79 Å². The van der Waals surface area contributed by atoms with Gasteiger partial charge in [-0.2, -0.15) is 0 Å². The number of carbonyl (C=O) groups excluding carboxylic acids is 1. The monoisotopic (exact) mass is 445 g/mol. The van der Waals surface area contributed by atoms with Gasteiger partial charge in [0, 0.05) is 23.3 Å². The van der Waals surface area contributed by atoms with Gasteiger partial charge >= 0.3 is 0 Å². The van der Waals surface area contributed by atoms with Crippen molar-refractivity contribution in [1.29, 1.82) is 0 Å². The Balaban J connectivity index is 1.28. The van der Waals surface area contributed by atoms with Gasteiger partial charge < -0.3 is 15.4 Å². The van der Waals surface area contributed by atoms with E-state index in [1.54, 1.807) is 5.38 Å². The van der Waals surface area contributed by atoms with Gasteiger partial charge in [-0.25, -0.2) is 15.0 Å². The molecule has 0 aliphatic carbocycles. The number of hydrogen-bond donors (Lipinski definition) is 2. The predicted octanol–water partition coefficient (Wildman–Crippen LogP) is 4.80. The third kappa shape index (κ3) is 5.89. The second-order valence-corrected chi connectivity index (χ2v) is 8.10. The van der Waals surface area contributed by atoms with E-state index in [-0.39, 0.29) is 5.91 Å². The molecule has 2 heterocycles. The lowest BCUT2D eigenvalue weighted by Crippen LogP contribution is -2.23. The fourth-order valence-corrected chi connectivity index (χ4v) is 3.71. The van der Waals surface area contributed by atoms with E-state index >= 15 is 0 Å². The average molecular weight is 446 g/mol. The van der Waals surface area contributed by atoms with E-state index in [9.17, 15) is 4.79 Å². The van der Waals surface area contributed by atoms with Gasteiger partial charge in [0.2, 0.25) is 5.95 Å². The minimum Gasteiger partial charge on any atom is -0.489 e. The topological polar surface area (TPSA) is 89.0 Å². The summed E-state index contributed by atoms with van der Waals surface area (Å²) >= 11 is 1.33. The zero-order chi connectivity index (χ0) is 22.3. The van der Waals surface area contributed by atoms with Crippen LogP contribution in [0.1, 0.15) is 33.0 Å². The fourth-order valence-electron chi connectivity index (χ4n) is 3.03. The van der Waals surface area contributed by atoms with Crippen LogP contribution in [-0.4, -0.2) is 20.9 Å². The molecule has 0 saturated carbocycles. The zero-order valence-electron chi connectivity index (χ0n) is 17.8. The maximum atomic E-state index is 12.5. The van der Waals surface area contributed by atoms with Crippen molar-refractivity contribution in [3.05, 3.63) is 94.3 Å². The van der Waals surface area contributed by atoms with Crippen LogP contribution in [0.25, 0.3) is 0 Å². The highest BCUT2D eigenvalue weighted by atomic mass is 32.1. The predicted molar refractivity (Wildman–Crippen MR) is 125 cm³/mol. The van der Waals surface area contributed by atoms with E-state index in [4.69, 9.17) is 4.74 Å².